The monoisotopic (exact) mass is 350 g/mol. The van der Waals surface area contributed by atoms with E-state index in [2.05, 4.69) is 34.7 Å². The van der Waals surface area contributed by atoms with Gasteiger partial charge in [0.2, 0.25) is 11.0 Å². The summed E-state index contributed by atoms with van der Waals surface area (Å²) in [5.41, 5.74) is 2.20. The minimum Gasteiger partial charge on any atom is -0.353 e. The Kier molecular flexibility index (Phi) is 6.85. The van der Waals surface area contributed by atoms with E-state index in [4.69, 9.17) is 0 Å². The lowest BCUT2D eigenvalue weighted by atomic mass is 10.2. The zero-order chi connectivity index (χ0) is 16.7. The number of benzene rings is 1. The number of carbonyl (C=O) groups is 1. The third-order valence-corrected chi connectivity index (χ3v) is 5.14. The van der Waals surface area contributed by atoms with Gasteiger partial charge >= 0.3 is 0 Å². The van der Waals surface area contributed by atoms with E-state index in [1.807, 2.05) is 31.2 Å². The third kappa shape index (κ3) is 6.19. The Hall–Kier alpha value is -1.60. The zero-order valence-electron chi connectivity index (χ0n) is 13.6. The fourth-order valence-corrected chi connectivity index (χ4v) is 3.61. The predicted molar refractivity (Wildman–Crippen MR) is 97.6 cm³/mol. The highest BCUT2D eigenvalue weighted by Gasteiger charge is 2.10. The van der Waals surface area contributed by atoms with Gasteiger partial charge in [0.05, 0.1) is 5.75 Å². The van der Waals surface area contributed by atoms with Gasteiger partial charge in [-0.15, -0.1) is 10.2 Å². The lowest BCUT2D eigenvalue weighted by Gasteiger charge is -2.11. The van der Waals surface area contributed by atoms with Gasteiger partial charge < -0.3 is 10.6 Å². The van der Waals surface area contributed by atoms with Gasteiger partial charge in [-0.05, 0) is 32.4 Å². The van der Waals surface area contributed by atoms with Crippen molar-refractivity contribution in [1.29, 1.82) is 0 Å². The number of hydrogen-bond donors (Lipinski definition) is 2. The number of thioether (sulfide) groups is 1. The number of nitrogens with one attached hydrogen (secondary N) is 2. The molecule has 2 rings (SSSR count). The molecule has 5 nitrogen and oxygen atoms in total. The Balaban J connectivity index is 1.80. The lowest BCUT2D eigenvalue weighted by Crippen LogP contribution is -2.33. The van der Waals surface area contributed by atoms with Crippen molar-refractivity contribution in [1.82, 2.24) is 15.5 Å². The van der Waals surface area contributed by atoms with Crippen molar-refractivity contribution in [3.63, 3.8) is 0 Å². The first kappa shape index (κ1) is 17.7. The predicted octanol–water partition coefficient (Wildman–Crippen LogP) is 3.99. The first-order chi connectivity index (χ1) is 11.1. The molecule has 0 bridgehead atoms. The van der Waals surface area contributed by atoms with E-state index in [0.717, 1.165) is 28.0 Å². The number of hydrogen-bond acceptors (Lipinski definition) is 6. The molecule has 1 amide bonds. The van der Waals surface area contributed by atoms with Gasteiger partial charge in [0.15, 0.2) is 4.34 Å². The molecule has 124 valence electrons. The summed E-state index contributed by atoms with van der Waals surface area (Å²) in [6.45, 7) is 6.19. The average Bonchev–Trinajstić information content (AvgIpc) is 2.95. The highest BCUT2D eigenvalue weighted by molar-refractivity contribution is 8.01. The van der Waals surface area contributed by atoms with Crippen molar-refractivity contribution in [2.75, 3.05) is 11.1 Å². The SMILES string of the molecule is CCC[C@H](C)NC(=O)CSc1nnc(Nc2ccc(C)cc2)s1. The molecule has 0 unspecified atom stereocenters. The molecular formula is C16H22N4OS2. The number of anilines is 2. The minimum absolute atomic E-state index is 0.0409. The summed E-state index contributed by atoms with van der Waals surface area (Å²) in [5.74, 6) is 0.409. The van der Waals surface area contributed by atoms with Crippen molar-refractivity contribution in [2.24, 2.45) is 0 Å². The van der Waals surface area contributed by atoms with Crippen LogP contribution in [0.5, 0.6) is 0 Å². The van der Waals surface area contributed by atoms with Crippen LogP contribution in [0.15, 0.2) is 28.6 Å². The molecular weight excluding hydrogens is 328 g/mol. The number of aromatic nitrogens is 2. The van der Waals surface area contributed by atoms with Crippen LogP contribution in [-0.2, 0) is 4.79 Å². The van der Waals surface area contributed by atoms with Crippen molar-refractivity contribution in [3.8, 4) is 0 Å². The third-order valence-electron chi connectivity index (χ3n) is 3.17. The Bertz CT molecular complexity index is 627. The van der Waals surface area contributed by atoms with Crippen LogP contribution in [-0.4, -0.2) is 27.9 Å². The van der Waals surface area contributed by atoms with Crippen LogP contribution in [0, 0.1) is 6.92 Å². The maximum atomic E-state index is 11.8. The van der Waals surface area contributed by atoms with Crippen LogP contribution in [0.3, 0.4) is 0 Å². The van der Waals surface area contributed by atoms with Gasteiger partial charge in [-0.1, -0.05) is 54.1 Å². The first-order valence-electron chi connectivity index (χ1n) is 7.66. The summed E-state index contributed by atoms with van der Waals surface area (Å²) in [6, 6.07) is 8.32. The van der Waals surface area contributed by atoms with E-state index in [1.165, 1.54) is 28.7 Å². The van der Waals surface area contributed by atoms with Gasteiger partial charge in [-0.2, -0.15) is 0 Å². The summed E-state index contributed by atoms with van der Waals surface area (Å²) < 4.78 is 0.790. The van der Waals surface area contributed by atoms with Gasteiger partial charge in [-0.25, -0.2) is 0 Å². The van der Waals surface area contributed by atoms with Crippen LogP contribution in [0.2, 0.25) is 0 Å². The molecule has 0 fully saturated rings. The molecule has 2 aromatic rings. The molecule has 2 N–H and O–H groups in total. The highest BCUT2D eigenvalue weighted by atomic mass is 32.2. The lowest BCUT2D eigenvalue weighted by molar-refractivity contribution is -0.119. The Morgan fingerprint density at radius 3 is 2.74 bits per heavy atom. The minimum atomic E-state index is 0.0409. The number of nitrogens with zero attached hydrogens (tertiary/aromatic N) is 2. The second kappa shape index (κ2) is 8.88. The van der Waals surface area contributed by atoms with Crippen molar-refractivity contribution >= 4 is 39.8 Å². The van der Waals surface area contributed by atoms with Crippen molar-refractivity contribution in [2.45, 2.75) is 44.0 Å². The Morgan fingerprint density at radius 2 is 2.04 bits per heavy atom. The molecule has 1 heterocycles. The summed E-state index contributed by atoms with van der Waals surface area (Å²) in [6.07, 6.45) is 2.07. The molecule has 0 spiro atoms. The van der Waals surface area contributed by atoms with E-state index >= 15 is 0 Å². The van der Waals surface area contributed by atoms with E-state index in [1.54, 1.807) is 0 Å². The molecule has 1 atom stereocenters. The largest absolute Gasteiger partial charge is 0.353 e. The Morgan fingerprint density at radius 1 is 1.30 bits per heavy atom. The summed E-state index contributed by atoms with van der Waals surface area (Å²) in [4.78, 5) is 11.8. The Labute approximate surface area is 145 Å². The van der Waals surface area contributed by atoms with E-state index in [-0.39, 0.29) is 11.9 Å². The maximum absolute atomic E-state index is 11.8. The summed E-state index contributed by atoms with van der Waals surface area (Å²) in [5, 5.41) is 15.1. The molecule has 7 heteroatoms. The average molecular weight is 351 g/mol. The number of aryl methyl sites for hydroxylation is 1. The van der Waals surface area contributed by atoms with Crippen molar-refractivity contribution < 1.29 is 4.79 Å². The van der Waals surface area contributed by atoms with Crippen molar-refractivity contribution in [3.05, 3.63) is 29.8 Å². The second-order valence-electron chi connectivity index (χ2n) is 5.41. The molecule has 23 heavy (non-hydrogen) atoms. The van der Waals surface area contributed by atoms with Gasteiger partial charge in [0, 0.05) is 11.7 Å². The van der Waals surface area contributed by atoms with Crippen LogP contribution in [0.25, 0.3) is 0 Å². The number of carbonyl (C=O) groups excluding carboxylic acids is 1. The molecule has 0 aliphatic carbocycles. The molecule has 0 aliphatic rings. The molecule has 0 aliphatic heterocycles. The molecule has 0 saturated heterocycles. The summed E-state index contributed by atoms with van der Waals surface area (Å²) in [7, 11) is 0. The fourth-order valence-electron chi connectivity index (χ4n) is 2.03. The molecule has 1 aromatic heterocycles. The van der Waals surface area contributed by atoms with Gasteiger partial charge in [0.1, 0.15) is 0 Å². The molecule has 1 aromatic carbocycles. The van der Waals surface area contributed by atoms with Crippen LogP contribution >= 0.6 is 23.1 Å². The number of amides is 1. The standard InChI is InChI=1S/C16H22N4OS2/c1-4-5-12(3)17-14(21)10-22-16-20-19-15(23-16)18-13-8-6-11(2)7-9-13/h6-9,12H,4-5,10H2,1-3H3,(H,17,21)(H,18,19)/t12-/m0/s1. The van der Waals surface area contributed by atoms with Crippen LogP contribution in [0.4, 0.5) is 10.8 Å². The van der Waals surface area contributed by atoms with E-state index < -0.39 is 0 Å². The first-order valence-corrected chi connectivity index (χ1v) is 9.46. The number of rotatable bonds is 8. The topological polar surface area (TPSA) is 66.9 Å². The van der Waals surface area contributed by atoms with E-state index in [9.17, 15) is 4.79 Å². The molecule has 0 saturated carbocycles. The van der Waals surface area contributed by atoms with Gasteiger partial charge in [-0.3, -0.25) is 4.79 Å². The quantitative estimate of drug-likeness (QED) is 0.705. The maximum Gasteiger partial charge on any atom is 0.230 e. The van der Waals surface area contributed by atoms with Crippen LogP contribution in [0.1, 0.15) is 32.3 Å². The fraction of sp³-hybridized carbons (Fsp3) is 0.438. The van der Waals surface area contributed by atoms with Crippen LogP contribution < -0.4 is 10.6 Å². The van der Waals surface area contributed by atoms with Gasteiger partial charge in [0.25, 0.3) is 0 Å². The normalized spacial score (nSPS) is 12.0. The zero-order valence-corrected chi connectivity index (χ0v) is 15.3. The highest BCUT2D eigenvalue weighted by Crippen LogP contribution is 2.27. The second-order valence-corrected chi connectivity index (χ2v) is 7.61. The summed E-state index contributed by atoms with van der Waals surface area (Å²) >= 11 is 2.87. The smallest absolute Gasteiger partial charge is 0.230 e. The molecule has 0 radical (unpaired) electrons. The van der Waals surface area contributed by atoms with E-state index in [0.29, 0.717) is 5.75 Å².